The summed E-state index contributed by atoms with van der Waals surface area (Å²) >= 11 is 1.75. The minimum Gasteiger partial charge on any atom is -0.314 e. The number of rotatable bonds is 6. The molecule has 0 aromatic carbocycles. The summed E-state index contributed by atoms with van der Waals surface area (Å²) < 4.78 is 23.9. The Morgan fingerprint density at radius 3 is 2.63 bits per heavy atom. The van der Waals surface area contributed by atoms with Crippen LogP contribution in [0.4, 0.5) is 0 Å². The van der Waals surface area contributed by atoms with Gasteiger partial charge in [-0.05, 0) is 32.2 Å². The van der Waals surface area contributed by atoms with E-state index in [0.717, 1.165) is 24.9 Å². The summed E-state index contributed by atoms with van der Waals surface area (Å²) in [4.78, 5) is 2.20. The third kappa shape index (κ3) is 4.34. The Hall–Kier alpha value is 0.220. The smallest absolute Gasteiger partial charge is 0.164 e. The first-order valence-electron chi connectivity index (χ1n) is 7.15. The Morgan fingerprint density at radius 1 is 1.37 bits per heavy atom. The molecule has 0 amide bonds. The number of nitrogens with one attached hydrogen (secondary N) is 1. The highest BCUT2D eigenvalue weighted by Gasteiger charge is 2.35. The third-order valence-corrected chi connectivity index (χ3v) is 6.93. The molecule has 4 nitrogen and oxygen atoms in total. The number of hydrogen-bond donors (Lipinski definition) is 1. The van der Waals surface area contributed by atoms with E-state index in [2.05, 4.69) is 24.1 Å². The van der Waals surface area contributed by atoms with Gasteiger partial charge in [-0.15, -0.1) is 0 Å². The molecular formula is C13H26N2O2S2. The van der Waals surface area contributed by atoms with E-state index >= 15 is 0 Å². The van der Waals surface area contributed by atoms with E-state index in [1.807, 2.05) is 0 Å². The molecular weight excluding hydrogens is 280 g/mol. The summed E-state index contributed by atoms with van der Waals surface area (Å²) in [7, 11) is -2.99. The maximum atomic E-state index is 11.9. The Bertz CT molecular complexity index is 395. The van der Waals surface area contributed by atoms with Crippen LogP contribution in [-0.2, 0) is 9.84 Å². The maximum Gasteiger partial charge on any atom is 0.164 e. The summed E-state index contributed by atoms with van der Waals surface area (Å²) in [5.41, 5.74) is 0. The van der Waals surface area contributed by atoms with Crippen molar-refractivity contribution in [3.63, 3.8) is 0 Å². The number of hydrogen-bond acceptors (Lipinski definition) is 5. The van der Waals surface area contributed by atoms with E-state index in [1.54, 1.807) is 11.8 Å². The molecule has 1 N–H and O–H groups in total. The van der Waals surface area contributed by atoms with Crippen LogP contribution in [0.1, 0.15) is 26.7 Å². The van der Waals surface area contributed by atoms with Crippen molar-refractivity contribution < 1.29 is 8.42 Å². The average molecular weight is 306 g/mol. The fourth-order valence-electron chi connectivity index (χ4n) is 2.57. The molecule has 1 saturated carbocycles. The second-order valence-electron chi connectivity index (χ2n) is 6.00. The van der Waals surface area contributed by atoms with Crippen molar-refractivity contribution in [2.75, 3.05) is 30.9 Å². The molecule has 112 valence electrons. The van der Waals surface area contributed by atoms with Crippen LogP contribution < -0.4 is 5.32 Å². The van der Waals surface area contributed by atoms with Crippen LogP contribution in [-0.4, -0.2) is 61.6 Å². The van der Waals surface area contributed by atoms with Crippen molar-refractivity contribution in [1.29, 1.82) is 0 Å². The molecule has 2 rings (SSSR count). The summed E-state index contributed by atoms with van der Waals surface area (Å²) in [6, 6.07) is 1.03. The summed E-state index contributed by atoms with van der Waals surface area (Å²) in [6.45, 7) is 6.28. The largest absolute Gasteiger partial charge is 0.314 e. The van der Waals surface area contributed by atoms with Crippen LogP contribution in [0.25, 0.3) is 0 Å². The number of nitrogens with zero attached hydrogens (tertiary/aromatic N) is 1. The van der Waals surface area contributed by atoms with Gasteiger partial charge in [-0.1, -0.05) is 6.92 Å². The Morgan fingerprint density at radius 2 is 2.05 bits per heavy atom. The highest BCUT2D eigenvalue weighted by molar-refractivity contribution is 8.00. The lowest BCUT2D eigenvalue weighted by Gasteiger charge is -2.40. The van der Waals surface area contributed by atoms with Gasteiger partial charge in [0.1, 0.15) is 5.37 Å². The Balaban J connectivity index is 1.95. The standard InChI is InChI=1S/C13H26N2O2S2/c1-10(8-14-12-4-5-12)11(2)15-6-7-18-9-13(15)19(3,16)17/h10-14H,4-9H2,1-3H3. The minimum absolute atomic E-state index is 0.301. The Labute approximate surface area is 121 Å². The van der Waals surface area contributed by atoms with Crippen LogP contribution in [0.3, 0.4) is 0 Å². The van der Waals surface area contributed by atoms with Crippen LogP contribution in [0.5, 0.6) is 0 Å². The molecule has 0 radical (unpaired) electrons. The van der Waals surface area contributed by atoms with E-state index in [1.165, 1.54) is 19.1 Å². The molecule has 0 bridgehead atoms. The van der Waals surface area contributed by atoms with Crippen molar-refractivity contribution in [3.05, 3.63) is 0 Å². The quantitative estimate of drug-likeness (QED) is 0.799. The van der Waals surface area contributed by atoms with Gasteiger partial charge in [0.15, 0.2) is 9.84 Å². The molecule has 0 aromatic heterocycles. The molecule has 1 aliphatic carbocycles. The molecule has 1 saturated heterocycles. The van der Waals surface area contributed by atoms with Crippen LogP contribution in [0.15, 0.2) is 0 Å². The van der Waals surface area contributed by atoms with E-state index in [4.69, 9.17) is 0 Å². The van der Waals surface area contributed by atoms with Crippen LogP contribution in [0.2, 0.25) is 0 Å². The predicted molar refractivity (Wildman–Crippen MR) is 82.3 cm³/mol. The SMILES string of the molecule is CC(CNC1CC1)C(C)N1CCSCC1S(C)(=O)=O. The van der Waals surface area contributed by atoms with Crippen molar-refractivity contribution in [1.82, 2.24) is 10.2 Å². The zero-order chi connectivity index (χ0) is 14.0. The van der Waals surface area contributed by atoms with Gasteiger partial charge in [0, 0.05) is 36.4 Å². The average Bonchev–Trinajstić information content (AvgIpc) is 3.18. The first kappa shape index (κ1) is 15.6. The monoisotopic (exact) mass is 306 g/mol. The fourth-order valence-corrected chi connectivity index (χ4v) is 5.53. The van der Waals surface area contributed by atoms with Gasteiger partial charge in [-0.2, -0.15) is 11.8 Å². The molecule has 0 aromatic rings. The van der Waals surface area contributed by atoms with Gasteiger partial charge in [-0.3, -0.25) is 4.90 Å². The predicted octanol–water partition coefficient (Wildman–Crippen LogP) is 1.18. The van der Waals surface area contributed by atoms with Crippen molar-refractivity contribution >= 4 is 21.6 Å². The fraction of sp³-hybridized carbons (Fsp3) is 1.00. The minimum atomic E-state index is -2.99. The first-order chi connectivity index (χ1) is 8.89. The topological polar surface area (TPSA) is 49.4 Å². The van der Waals surface area contributed by atoms with Gasteiger partial charge in [-0.25, -0.2) is 8.42 Å². The van der Waals surface area contributed by atoms with Crippen LogP contribution >= 0.6 is 11.8 Å². The normalized spacial score (nSPS) is 29.1. The first-order valence-corrected chi connectivity index (χ1v) is 10.3. The lowest BCUT2D eigenvalue weighted by atomic mass is 10.0. The molecule has 3 unspecified atom stereocenters. The molecule has 2 fully saturated rings. The maximum absolute atomic E-state index is 11.9. The molecule has 6 heteroatoms. The van der Waals surface area contributed by atoms with Gasteiger partial charge < -0.3 is 5.32 Å². The second kappa shape index (κ2) is 6.33. The van der Waals surface area contributed by atoms with E-state index < -0.39 is 9.84 Å². The molecule has 3 atom stereocenters. The summed E-state index contributed by atoms with van der Waals surface area (Å²) in [5, 5.41) is 3.25. The zero-order valence-corrected chi connectivity index (χ0v) is 13.8. The lowest BCUT2D eigenvalue weighted by molar-refractivity contribution is 0.155. The van der Waals surface area contributed by atoms with E-state index in [-0.39, 0.29) is 5.37 Å². The summed E-state index contributed by atoms with van der Waals surface area (Å²) in [5.74, 6) is 2.23. The highest BCUT2D eigenvalue weighted by atomic mass is 32.2. The van der Waals surface area contributed by atoms with Crippen LogP contribution in [0, 0.1) is 5.92 Å². The summed E-state index contributed by atoms with van der Waals surface area (Å²) in [6.07, 6.45) is 3.97. The molecule has 0 spiro atoms. The van der Waals surface area contributed by atoms with Crippen molar-refractivity contribution in [2.24, 2.45) is 5.92 Å². The third-order valence-electron chi connectivity index (χ3n) is 4.27. The van der Waals surface area contributed by atoms with Gasteiger partial charge in [0.25, 0.3) is 0 Å². The second-order valence-corrected chi connectivity index (χ2v) is 9.35. The van der Waals surface area contributed by atoms with E-state index in [0.29, 0.717) is 17.7 Å². The van der Waals surface area contributed by atoms with Crippen molar-refractivity contribution in [3.8, 4) is 0 Å². The van der Waals surface area contributed by atoms with Crippen molar-refractivity contribution in [2.45, 2.75) is 44.1 Å². The van der Waals surface area contributed by atoms with Gasteiger partial charge in [0.05, 0.1) is 0 Å². The number of thioether (sulfide) groups is 1. The molecule has 2 aliphatic rings. The van der Waals surface area contributed by atoms with E-state index in [9.17, 15) is 8.42 Å². The Kier molecular flexibility index (Phi) is 5.20. The number of sulfone groups is 1. The van der Waals surface area contributed by atoms with Gasteiger partial charge >= 0.3 is 0 Å². The highest BCUT2D eigenvalue weighted by Crippen LogP contribution is 2.26. The lowest BCUT2D eigenvalue weighted by Crippen LogP contribution is -2.53. The zero-order valence-electron chi connectivity index (χ0n) is 12.1. The molecule has 1 heterocycles. The molecule has 1 aliphatic heterocycles. The van der Waals surface area contributed by atoms with Gasteiger partial charge in [0.2, 0.25) is 0 Å². The molecule has 19 heavy (non-hydrogen) atoms.